The van der Waals surface area contributed by atoms with Gasteiger partial charge in [0.15, 0.2) is 0 Å². The summed E-state index contributed by atoms with van der Waals surface area (Å²) in [5, 5.41) is 4.89. The van der Waals surface area contributed by atoms with Gasteiger partial charge in [-0.25, -0.2) is 0 Å². The summed E-state index contributed by atoms with van der Waals surface area (Å²) in [5.74, 6) is 2.66. The lowest BCUT2D eigenvalue weighted by atomic mass is 10.0. The number of nitrogen functional groups attached to an aromatic ring is 1. The Morgan fingerprint density at radius 2 is 1.87 bits per heavy atom. The first-order valence-corrected chi connectivity index (χ1v) is 9.59. The molecule has 5 N–H and O–H groups in total. The van der Waals surface area contributed by atoms with Gasteiger partial charge in [-0.2, -0.15) is 0 Å². The number of nitrogens with zero attached hydrogens (tertiary/aromatic N) is 1. The highest BCUT2D eigenvalue weighted by atomic mass is 16.2. The topological polar surface area (TPSA) is 151 Å². The van der Waals surface area contributed by atoms with E-state index in [1.54, 1.807) is 36.4 Å². The molecule has 5 amide bonds. The van der Waals surface area contributed by atoms with Crippen molar-refractivity contribution in [3.05, 3.63) is 64.7 Å². The molecule has 0 spiro atoms. The summed E-state index contributed by atoms with van der Waals surface area (Å²) in [4.78, 5) is 62.9. The number of anilines is 1. The molecule has 2 aliphatic rings. The van der Waals surface area contributed by atoms with E-state index in [-0.39, 0.29) is 36.4 Å². The lowest BCUT2D eigenvalue weighted by molar-refractivity contribution is -0.136. The molecular formula is C21H19N5O5. The van der Waals surface area contributed by atoms with E-state index in [1.165, 1.54) is 6.07 Å². The summed E-state index contributed by atoms with van der Waals surface area (Å²) in [6.07, 6.45) is 0.122. The minimum atomic E-state index is -1.04. The van der Waals surface area contributed by atoms with Crippen molar-refractivity contribution >= 4 is 35.2 Å². The molecule has 1 unspecified atom stereocenters. The van der Waals surface area contributed by atoms with Crippen molar-refractivity contribution in [2.24, 2.45) is 5.84 Å². The molecule has 1 atom stereocenters. The summed E-state index contributed by atoms with van der Waals surface area (Å²) in [6.45, 7) is 0.00446. The highest BCUT2D eigenvalue weighted by Crippen LogP contribution is 2.30. The second kappa shape index (κ2) is 8.00. The molecule has 31 heavy (non-hydrogen) atoms. The quantitative estimate of drug-likeness (QED) is 0.308. The Morgan fingerprint density at radius 1 is 1.10 bits per heavy atom. The summed E-state index contributed by atoms with van der Waals surface area (Å²) >= 11 is 0. The molecule has 158 valence electrons. The van der Waals surface area contributed by atoms with Crippen LogP contribution in [0, 0.1) is 0 Å². The largest absolute Gasteiger partial charge is 0.348 e. The van der Waals surface area contributed by atoms with E-state index >= 15 is 0 Å². The predicted octanol–water partition coefficient (Wildman–Crippen LogP) is 0.303. The van der Waals surface area contributed by atoms with Crippen LogP contribution in [0.4, 0.5) is 5.69 Å². The maximum Gasteiger partial charge on any atom is 0.262 e. The molecule has 0 bridgehead atoms. The predicted molar refractivity (Wildman–Crippen MR) is 109 cm³/mol. The van der Waals surface area contributed by atoms with E-state index in [9.17, 15) is 24.0 Å². The molecule has 0 radical (unpaired) electrons. The van der Waals surface area contributed by atoms with Crippen molar-refractivity contribution in [2.45, 2.75) is 25.4 Å². The smallest absolute Gasteiger partial charge is 0.262 e. The molecule has 0 aromatic heterocycles. The van der Waals surface area contributed by atoms with Crippen LogP contribution in [0.15, 0.2) is 42.5 Å². The number of fused-ring (bicyclic) bond motifs is 1. The zero-order valence-corrected chi connectivity index (χ0v) is 16.3. The SMILES string of the molecule is NNc1cccc(C(=O)NCc2cccc3c2C(=O)N(C2CCC(=O)NC2=O)C3=O)c1. The van der Waals surface area contributed by atoms with Gasteiger partial charge in [0.25, 0.3) is 17.7 Å². The van der Waals surface area contributed by atoms with Crippen molar-refractivity contribution in [1.29, 1.82) is 0 Å². The van der Waals surface area contributed by atoms with Crippen molar-refractivity contribution in [3.8, 4) is 0 Å². The maximum atomic E-state index is 13.1. The van der Waals surface area contributed by atoms with Gasteiger partial charge in [0.2, 0.25) is 11.8 Å². The Hall–Kier alpha value is -4.05. The van der Waals surface area contributed by atoms with Gasteiger partial charge < -0.3 is 10.7 Å². The molecule has 0 saturated carbocycles. The molecule has 2 aromatic carbocycles. The molecular weight excluding hydrogens is 402 g/mol. The first-order valence-electron chi connectivity index (χ1n) is 9.59. The molecule has 1 fully saturated rings. The average Bonchev–Trinajstić information content (AvgIpc) is 3.03. The number of hydrogen-bond acceptors (Lipinski definition) is 7. The Balaban J connectivity index is 1.55. The fraction of sp³-hybridized carbons (Fsp3) is 0.190. The number of nitrogens with one attached hydrogen (secondary N) is 3. The van der Waals surface area contributed by atoms with Gasteiger partial charge in [0.1, 0.15) is 6.04 Å². The van der Waals surface area contributed by atoms with Gasteiger partial charge in [-0.05, 0) is 36.2 Å². The van der Waals surface area contributed by atoms with Crippen molar-refractivity contribution in [2.75, 3.05) is 5.43 Å². The molecule has 0 aliphatic carbocycles. The van der Waals surface area contributed by atoms with Crippen LogP contribution in [0.5, 0.6) is 0 Å². The van der Waals surface area contributed by atoms with E-state index in [0.717, 1.165) is 4.90 Å². The van der Waals surface area contributed by atoms with Gasteiger partial charge in [0.05, 0.1) is 11.1 Å². The third kappa shape index (κ3) is 3.64. The number of hydrogen-bond donors (Lipinski definition) is 4. The Kier molecular flexibility index (Phi) is 5.22. The maximum absolute atomic E-state index is 13.1. The van der Waals surface area contributed by atoms with E-state index in [4.69, 9.17) is 5.84 Å². The third-order valence-corrected chi connectivity index (χ3v) is 5.29. The summed E-state index contributed by atoms with van der Waals surface area (Å²) in [7, 11) is 0. The Bertz CT molecular complexity index is 1130. The average molecular weight is 421 g/mol. The van der Waals surface area contributed by atoms with Gasteiger partial charge in [-0.3, -0.25) is 40.0 Å². The molecule has 1 saturated heterocycles. The molecule has 4 rings (SSSR count). The fourth-order valence-corrected chi connectivity index (χ4v) is 3.76. The zero-order chi connectivity index (χ0) is 22.1. The molecule has 2 heterocycles. The van der Waals surface area contributed by atoms with Gasteiger partial charge in [-0.15, -0.1) is 0 Å². The number of carbonyl (C=O) groups is 5. The molecule has 10 heteroatoms. The summed E-state index contributed by atoms with van der Waals surface area (Å²) < 4.78 is 0. The van der Waals surface area contributed by atoms with E-state index in [0.29, 0.717) is 16.8 Å². The first kappa shape index (κ1) is 20.2. The third-order valence-electron chi connectivity index (χ3n) is 5.29. The Labute approximate surface area is 176 Å². The van der Waals surface area contributed by atoms with E-state index in [1.807, 2.05) is 0 Å². The van der Waals surface area contributed by atoms with Crippen LogP contribution < -0.4 is 21.9 Å². The number of benzene rings is 2. The minimum Gasteiger partial charge on any atom is -0.348 e. The van der Waals surface area contributed by atoms with Crippen molar-refractivity contribution in [3.63, 3.8) is 0 Å². The number of piperidine rings is 1. The monoisotopic (exact) mass is 421 g/mol. The second-order valence-electron chi connectivity index (χ2n) is 7.19. The normalized spacial score (nSPS) is 18.0. The van der Waals surface area contributed by atoms with Crippen molar-refractivity contribution < 1.29 is 24.0 Å². The molecule has 2 aromatic rings. The second-order valence-corrected chi connectivity index (χ2v) is 7.19. The number of carbonyl (C=O) groups excluding carboxylic acids is 5. The molecule has 10 nitrogen and oxygen atoms in total. The minimum absolute atomic E-state index is 0.00446. The summed E-state index contributed by atoms with van der Waals surface area (Å²) in [5.41, 5.74) is 4.16. The number of imide groups is 2. The van der Waals surface area contributed by atoms with E-state index in [2.05, 4.69) is 16.1 Å². The highest BCUT2D eigenvalue weighted by molar-refractivity contribution is 6.24. The lowest BCUT2D eigenvalue weighted by Crippen LogP contribution is -2.54. The zero-order valence-electron chi connectivity index (χ0n) is 16.3. The van der Waals surface area contributed by atoms with Crippen LogP contribution in [0.2, 0.25) is 0 Å². The Morgan fingerprint density at radius 3 is 2.61 bits per heavy atom. The number of rotatable bonds is 5. The highest BCUT2D eigenvalue weighted by Gasteiger charge is 2.45. The van der Waals surface area contributed by atoms with Gasteiger partial charge in [-0.1, -0.05) is 18.2 Å². The van der Waals surface area contributed by atoms with Crippen LogP contribution in [-0.4, -0.2) is 40.5 Å². The fourth-order valence-electron chi connectivity index (χ4n) is 3.76. The van der Waals surface area contributed by atoms with Crippen LogP contribution in [0.3, 0.4) is 0 Å². The standard InChI is InChI=1S/C21H19N5O5/c22-25-13-5-1-3-11(9-13)18(28)23-10-12-4-2-6-14-17(12)21(31)26(20(14)30)15-7-8-16(27)24-19(15)29/h1-6,9,15,25H,7-8,10,22H2,(H,23,28)(H,24,27,29). The van der Waals surface area contributed by atoms with Crippen molar-refractivity contribution in [1.82, 2.24) is 15.5 Å². The molecule has 2 aliphatic heterocycles. The van der Waals surface area contributed by atoms with E-state index < -0.39 is 29.7 Å². The van der Waals surface area contributed by atoms with Crippen LogP contribution in [0.25, 0.3) is 0 Å². The van der Waals surface area contributed by atoms with Gasteiger partial charge >= 0.3 is 0 Å². The number of nitrogens with two attached hydrogens (primary N) is 1. The lowest BCUT2D eigenvalue weighted by Gasteiger charge is -2.27. The summed E-state index contributed by atoms with van der Waals surface area (Å²) in [6, 6.07) is 10.3. The van der Waals surface area contributed by atoms with Crippen LogP contribution >= 0.6 is 0 Å². The van der Waals surface area contributed by atoms with Gasteiger partial charge in [0, 0.05) is 24.2 Å². The van der Waals surface area contributed by atoms with Crippen LogP contribution in [-0.2, 0) is 16.1 Å². The van der Waals surface area contributed by atoms with Crippen LogP contribution in [0.1, 0.15) is 49.5 Å². The number of amides is 5. The first-order chi connectivity index (χ1) is 14.9. The number of hydrazine groups is 1.